The van der Waals surface area contributed by atoms with Crippen LogP contribution in [0.3, 0.4) is 0 Å². The summed E-state index contributed by atoms with van der Waals surface area (Å²) in [5.74, 6) is 1.39. The summed E-state index contributed by atoms with van der Waals surface area (Å²) in [7, 11) is 0. The van der Waals surface area contributed by atoms with Crippen LogP contribution in [-0.2, 0) is 0 Å². The Morgan fingerprint density at radius 1 is 0.818 bits per heavy atom. The number of carbonyl (C=O) groups excluding carboxylic acids is 1. The number of ether oxygens (including phenoxy) is 2. The fraction of sp³-hybridized carbons (Fsp3) is 0.462. The molecule has 0 spiro atoms. The first-order valence-corrected chi connectivity index (χ1v) is 16.4. The molecule has 236 valence electrons. The summed E-state index contributed by atoms with van der Waals surface area (Å²) in [6, 6.07) is 17.7. The third-order valence-corrected chi connectivity index (χ3v) is 9.36. The van der Waals surface area contributed by atoms with Crippen molar-refractivity contribution in [3.8, 4) is 11.5 Å². The highest BCUT2D eigenvalue weighted by molar-refractivity contribution is 5.91. The summed E-state index contributed by atoms with van der Waals surface area (Å²) in [6.07, 6.45) is 15.0. The minimum absolute atomic E-state index is 0.106. The molecule has 5 rings (SSSR count). The lowest BCUT2D eigenvalue weighted by Crippen LogP contribution is -2.20. The van der Waals surface area contributed by atoms with Crippen LogP contribution in [0.25, 0.3) is 0 Å². The van der Waals surface area contributed by atoms with E-state index in [2.05, 4.69) is 50.8 Å². The van der Waals surface area contributed by atoms with E-state index < -0.39 is 17.6 Å². The zero-order valence-electron chi connectivity index (χ0n) is 26.6. The lowest BCUT2D eigenvalue weighted by atomic mass is 9.79. The zero-order chi connectivity index (χ0) is 31.5. The highest BCUT2D eigenvalue weighted by Crippen LogP contribution is 2.36. The molecule has 0 saturated heterocycles. The molecular weight excluding hydrogens is 554 g/mol. The Morgan fingerprint density at radius 3 is 1.98 bits per heavy atom. The predicted molar refractivity (Wildman–Crippen MR) is 174 cm³/mol. The average molecular weight is 603 g/mol. The van der Waals surface area contributed by atoms with Gasteiger partial charge in [-0.3, -0.25) is 0 Å². The van der Waals surface area contributed by atoms with Crippen molar-refractivity contribution >= 4 is 5.97 Å². The number of hydrogen-bond donors (Lipinski definition) is 0. The maximum absolute atomic E-state index is 13.6. The molecule has 0 N–H and O–H groups in total. The van der Waals surface area contributed by atoms with E-state index in [9.17, 15) is 13.6 Å². The molecule has 0 bridgehead atoms. The van der Waals surface area contributed by atoms with Crippen LogP contribution < -0.4 is 9.47 Å². The van der Waals surface area contributed by atoms with Gasteiger partial charge in [-0.05, 0) is 106 Å². The first-order chi connectivity index (χ1) is 21.2. The van der Waals surface area contributed by atoms with Crippen molar-refractivity contribution in [3.63, 3.8) is 0 Å². The van der Waals surface area contributed by atoms with E-state index in [0.29, 0.717) is 23.8 Å². The second-order valence-electron chi connectivity index (χ2n) is 12.7. The fourth-order valence-electron chi connectivity index (χ4n) is 6.37. The number of carbonyl (C=O) groups is 1. The van der Waals surface area contributed by atoms with Crippen molar-refractivity contribution < 1.29 is 23.0 Å². The molecule has 3 aromatic carbocycles. The Morgan fingerprint density at radius 2 is 1.41 bits per heavy atom. The van der Waals surface area contributed by atoms with Crippen LogP contribution in [0.5, 0.6) is 11.5 Å². The monoisotopic (exact) mass is 602 g/mol. The summed E-state index contributed by atoms with van der Waals surface area (Å²) in [6.45, 7) is 10.3. The lowest BCUT2D eigenvalue weighted by molar-refractivity contribution is 0.0734. The normalized spacial score (nSPS) is 21.5. The SMILES string of the molecule is C=CC1CCC(c2ccc(C)cc2)CC1.CCCC1CCC(COc2ccc(C(=O)Oc3cc(F)c(C)c(F)c3)cc2)CC1. The molecule has 5 heteroatoms. The molecule has 0 aromatic heterocycles. The standard InChI is InChI=1S/C24H28F2O3.C15H20/c1-3-4-17-5-7-18(8-6-17)15-28-20-11-9-19(10-12-20)24(27)29-21-13-22(25)16(2)23(26)14-21;1-3-13-6-10-15(11-7-13)14-8-4-12(2)5-9-14/h9-14,17-18H,3-8,15H2,1-2H3;3-5,8-9,13,15H,1,6-7,10-11H2,2H3. The van der Waals surface area contributed by atoms with E-state index in [1.807, 2.05) is 0 Å². The van der Waals surface area contributed by atoms with Crippen LogP contribution >= 0.6 is 0 Å². The Hall–Kier alpha value is -3.47. The van der Waals surface area contributed by atoms with Crippen molar-refractivity contribution in [1.82, 2.24) is 0 Å². The van der Waals surface area contributed by atoms with E-state index in [4.69, 9.17) is 9.47 Å². The van der Waals surface area contributed by atoms with Gasteiger partial charge in [0.1, 0.15) is 23.1 Å². The summed E-state index contributed by atoms with van der Waals surface area (Å²) in [4.78, 5) is 12.2. The first kappa shape index (κ1) is 33.4. The van der Waals surface area contributed by atoms with Gasteiger partial charge in [0.25, 0.3) is 0 Å². The van der Waals surface area contributed by atoms with Gasteiger partial charge in [0.2, 0.25) is 0 Å². The highest BCUT2D eigenvalue weighted by Gasteiger charge is 2.22. The lowest BCUT2D eigenvalue weighted by Gasteiger charge is -2.28. The van der Waals surface area contributed by atoms with Crippen LogP contribution in [0.2, 0.25) is 0 Å². The van der Waals surface area contributed by atoms with E-state index in [1.165, 1.54) is 82.3 Å². The minimum atomic E-state index is -0.750. The van der Waals surface area contributed by atoms with E-state index in [-0.39, 0.29) is 11.3 Å². The van der Waals surface area contributed by atoms with Gasteiger partial charge in [0.05, 0.1) is 12.2 Å². The van der Waals surface area contributed by atoms with Crippen molar-refractivity contribution in [2.45, 2.75) is 90.9 Å². The Bertz CT molecular complexity index is 1310. The molecular formula is C39H48F2O3. The van der Waals surface area contributed by atoms with Gasteiger partial charge in [-0.25, -0.2) is 13.6 Å². The van der Waals surface area contributed by atoms with Gasteiger partial charge < -0.3 is 9.47 Å². The molecule has 2 aliphatic carbocycles. The molecule has 2 saturated carbocycles. The second kappa shape index (κ2) is 16.6. The molecule has 2 fully saturated rings. The average Bonchev–Trinajstić information content (AvgIpc) is 3.04. The number of hydrogen-bond acceptors (Lipinski definition) is 3. The Kier molecular flexibility index (Phi) is 12.6. The summed E-state index contributed by atoms with van der Waals surface area (Å²) >= 11 is 0. The predicted octanol–water partition coefficient (Wildman–Crippen LogP) is 10.9. The second-order valence-corrected chi connectivity index (χ2v) is 12.7. The number of benzene rings is 3. The maximum atomic E-state index is 13.6. The van der Waals surface area contributed by atoms with Crippen LogP contribution in [0.1, 0.15) is 104 Å². The van der Waals surface area contributed by atoms with E-state index in [1.54, 1.807) is 24.3 Å². The Balaban J connectivity index is 0.000000246. The molecule has 44 heavy (non-hydrogen) atoms. The van der Waals surface area contributed by atoms with Gasteiger partial charge in [-0.2, -0.15) is 0 Å². The van der Waals surface area contributed by atoms with Crippen LogP contribution in [0.15, 0.2) is 73.3 Å². The highest BCUT2D eigenvalue weighted by atomic mass is 19.1. The third kappa shape index (κ3) is 9.77. The van der Waals surface area contributed by atoms with Crippen LogP contribution in [-0.4, -0.2) is 12.6 Å². The zero-order valence-corrected chi connectivity index (χ0v) is 26.6. The molecule has 3 aromatic rings. The topological polar surface area (TPSA) is 35.5 Å². The first-order valence-electron chi connectivity index (χ1n) is 16.4. The van der Waals surface area contributed by atoms with Crippen molar-refractivity contribution in [2.75, 3.05) is 6.61 Å². The summed E-state index contributed by atoms with van der Waals surface area (Å²) in [5.41, 5.74) is 3.07. The Labute approximate surface area is 262 Å². The molecule has 0 atom stereocenters. The van der Waals surface area contributed by atoms with E-state index >= 15 is 0 Å². The molecule has 0 unspecified atom stereocenters. The van der Waals surface area contributed by atoms with Gasteiger partial charge in [0, 0.05) is 17.7 Å². The largest absolute Gasteiger partial charge is 0.493 e. The van der Waals surface area contributed by atoms with Crippen LogP contribution in [0, 0.1) is 43.2 Å². The number of halogens is 2. The molecule has 0 heterocycles. The minimum Gasteiger partial charge on any atom is -0.493 e. The number of esters is 1. The van der Waals surface area contributed by atoms with Gasteiger partial charge in [-0.1, -0.05) is 68.5 Å². The molecule has 0 radical (unpaired) electrons. The van der Waals surface area contributed by atoms with Gasteiger partial charge in [-0.15, -0.1) is 6.58 Å². The molecule has 3 nitrogen and oxygen atoms in total. The molecule has 2 aliphatic rings. The smallest absolute Gasteiger partial charge is 0.343 e. The molecule has 0 aliphatic heterocycles. The van der Waals surface area contributed by atoms with Crippen molar-refractivity contribution in [2.24, 2.45) is 17.8 Å². The third-order valence-electron chi connectivity index (χ3n) is 9.36. The van der Waals surface area contributed by atoms with Gasteiger partial charge in [0.15, 0.2) is 0 Å². The molecule has 0 amide bonds. The van der Waals surface area contributed by atoms with Gasteiger partial charge >= 0.3 is 5.97 Å². The number of rotatable bonds is 9. The number of allylic oxidation sites excluding steroid dienone is 1. The van der Waals surface area contributed by atoms with Crippen molar-refractivity contribution in [3.05, 3.63) is 107 Å². The maximum Gasteiger partial charge on any atom is 0.343 e. The van der Waals surface area contributed by atoms with Crippen LogP contribution in [0.4, 0.5) is 8.78 Å². The summed E-state index contributed by atoms with van der Waals surface area (Å²) < 4.78 is 38.2. The fourth-order valence-corrected chi connectivity index (χ4v) is 6.37. The summed E-state index contributed by atoms with van der Waals surface area (Å²) in [5, 5.41) is 0. The van der Waals surface area contributed by atoms with Crippen molar-refractivity contribution in [1.29, 1.82) is 0 Å². The number of aryl methyl sites for hydroxylation is 1. The van der Waals surface area contributed by atoms with E-state index in [0.717, 1.165) is 29.9 Å². The quantitative estimate of drug-likeness (QED) is 0.139.